The predicted molar refractivity (Wildman–Crippen MR) is 84.9 cm³/mol. The second-order valence-corrected chi connectivity index (χ2v) is 5.36. The molecule has 0 radical (unpaired) electrons. The van der Waals surface area contributed by atoms with Gasteiger partial charge in [0.05, 0.1) is 11.3 Å². The summed E-state index contributed by atoms with van der Waals surface area (Å²) in [6, 6.07) is 11.4. The first-order valence-electron chi connectivity index (χ1n) is 6.13. The van der Waals surface area contributed by atoms with Crippen LogP contribution < -0.4 is 10.6 Å². The molecule has 3 N–H and O–H groups in total. The number of carboxylic acid groups (broad SMARTS) is 1. The number of hydrogen-bond acceptors (Lipinski definition) is 2. The number of aryl methyl sites for hydroxylation is 1. The van der Waals surface area contributed by atoms with Gasteiger partial charge in [-0.3, -0.25) is 0 Å². The first-order valence-corrected chi connectivity index (χ1v) is 6.92. The number of rotatable bonds is 3. The van der Waals surface area contributed by atoms with Crippen LogP contribution in [0.4, 0.5) is 16.2 Å². The summed E-state index contributed by atoms with van der Waals surface area (Å²) in [5, 5.41) is 14.3. The predicted octanol–water partition coefficient (Wildman–Crippen LogP) is 4.10. The van der Waals surface area contributed by atoms with Gasteiger partial charge in [-0.1, -0.05) is 33.6 Å². The number of hydrogen-bond donors (Lipinski definition) is 3. The number of halogens is 1. The van der Waals surface area contributed by atoms with Gasteiger partial charge in [-0.15, -0.1) is 0 Å². The van der Waals surface area contributed by atoms with Crippen molar-refractivity contribution in [3.8, 4) is 0 Å². The van der Waals surface area contributed by atoms with Crippen molar-refractivity contribution in [3.05, 3.63) is 58.1 Å². The number of amides is 2. The molecule has 108 valence electrons. The van der Waals surface area contributed by atoms with Crippen LogP contribution in [0.15, 0.2) is 46.9 Å². The van der Waals surface area contributed by atoms with Crippen LogP contribution in [0.5, 0.6) is 0 Å². The Morgan fingerprint density at radius 1 is 1.05 bits per heavy atom. The fraction of sp³-hybridized carbons (Fsp3) is 0.0667. The monoisotopic (exact) mass is 348 g/mol. The zero-order valence-corrected chi connectivity index (χ0v) is 12.8. The van der Waals surface area contributed by atoms with Crippen molar-refractivity contribution in [2.75, 3.05) is 10.6 Å². The molecule has 0 unspecified atom stereocenters. The summed E-state index contributed by atoms with van der Waals surface area (Å²) in [7, 11) is 0. The Kier molecular flexibility index (Phi) is 4.59. The number of carboxylic acids is 1. The lowest BCUT2D eigenvalue weighted by Gasteiger charge is -2.10. The van der Waals surface area contributed by atoms with Gasteiger partial charge in [0, 0.05) is 10.2 Å². The van der Waals surface area contributed by atoms with Crippen molar-refractivity contribution < 1.29 is 14.7 Å². The van der Waals surface area contributed by atoms with Gasteiger partial charge in [-0.25, -0.2) is 9.59 Å². The van der Waals surface area contributed by atoms with Gasteiger partial charge in [0.25, 0.3) is 0 Å². The maximum atomic E-state index is 11.9. The highest BCUT2D eigenvalue weighted by molar-refractivity contribution is 9.10. The Hall–Kier alpha value is -2.34. The van der Waals surface area contributed by atoms with Crippen LogP contribution in [0.3, 0.4) is 0 Å². The normalized spacial score (nSPS) is 10.0. The van der Waals surface area contributed by atoms with Crippen LogP contribution in [0.2, 0.25) is 0 Å². The minimum Gasteiger partial charge on any atom is -0.478 e. The number of aromatic carboxylic acids is 1. The highest BCUT2D eigenvalue weighted by Crippen LogP contribution is 2.22. The van der Waals surface area contributed by atoms with Gasteiger partial charge < -0.3 is 15.7 Å². The van der Waals surface area contributed by atoms with E-state index in [9.17, 15) is 9.59 Å². The molecule has 0 aliphatic rings. The quantitative estimate of drug-likeness (QED) is 0.781. The van der Waals surface area contributed by atoms with Gasteiger partial charge >= 0.3 is 12.0 Å². The van der Waals surface area contributed by atoms with Crippen LogP contribution in [0.25, 0.3) is 0 Å². The maximum Gasteiger partial charge on any atom is 0.337 e. The Morgan fingerprint density at radius 2 is 1.71 bits per heavy atom. The third kappa shape index (κ3) is 4.06. The van der Waals surface area contributed by atoms with Crippen molar-refractivity contribution in [3.63, 3.8) is 0 Å². The third-order valence-corrected chi connectivity index (χ3v) is 3.26. The van der Waals surface area contributed by atoms with Crippen molar-refractivity contribution in [1.82, 2.24) is 0 Å². The van der Waals surface area contributed by atoms with E-state index < -0.39 is 12.0 Å². The molecule has 2 amide bonds. The molecule has 0 atom stereocenters. The summed E-state index contributed by atoms with van der Waals surface area (Å²) in [6.45, 7) is 1.95. The fourth-order valence-electron chi connectivity index (χ4n) is 1.73. The fourth-order valence-corrected chi connectivity index (χ4v) is 2.09. The summed E-state index contributed by atoms with van der Waals surface area (Å²) in [6.07, 6.45) is 0. The first-order chi connectivity index (χ1) is 9.95. The molecule has 0 saturated heterocycles. The second-order valence-electron chi connectivity index (χ2n) is 4.44. The summed E-state index contributed by atoms with van der Waals surface area (Å²) in [5.41, 5.74) is 1.96. The number of benzene rings is 2. The molecule has 0 saturated carbocycles. The molecule has 0 fully saturated rings. The molecule has 21 heavy (non-hydrogen) atoms. The van der Waals surface area contributed by atoms with Crippen molar-refractivity contribution in [2.45, 2.75) is 6.92 Å². The van der Waals surface area contributed by atoms with Gasteiger partial charge in [0.2, 0.25) is 0 Å². The molecule has 0 spiro atoms. The molecule has 2 aromatic rings. The van der Waals surface area contributed by atoms with E-state index in [0.717, 1.165) is 5.56 Å². The molecule has 0 heterocycles. The molecule has 2 aromatic carbocycles. The van der Waals surface area contributed by atoms with Crippen LogP contribution >= 0.6 is 15.9 Å². The lowest BCUT2D eigenvalue weighted by atomic mass is 10.2. The zero-order chi connectivity index (χ0) is 15.4. The molecule has 2 rings (SSSR count). The molecular formula is C15H13BrN2O3. The number of carbonyl (C=O) groups excluding carboxylic acids is 1. The van der Waals surface area contributed by atoms with Crippen LogP contribution in [-0.4, -0.2) is 17.1 Å². The molecule has 0 aromatic heterocycles. The van der Waals surface area contributed by atoms with E-state index in [1.54, 1.807) is 18.2 Å². The van der Waals surface area contributed by atoms with Crippen LogP contribution in [0.1, 0.15) is 15.9 Å². The lowest BCUT2D eigenvalue weighted by molar-refractivity contribution is 0.0698. The largest absolute Gasteiger partial charge is 0.478 e. The van der Waals surface area contributed by atoms with E-state index in [-0.39, 0.29) is 11.3 Å². The van der Waals surface area contributed by atoms with E-state index in [4.69, 9.17) is 5.11 Å². The molecule has 0 aliphatic heterocycles. The van der Waals surface area contributed by atoms with Gasteiger partial charge in [0.15, 0.2) is 0 Å². The van der Waals surface area contributed by atoms with Gasteiger partial charge in [-0.05, 0) is 37.3 Å². The van der Waals surface area contributed by atoms with Crippen molar-refractivity contribution in [2.24, 2.45) is 0 Å². The van der Waals surface area contributed by atoms with E-state index in [0.29, 0.717) is 10.2 Å². The smallest absolute Gasteiger partial charge is 0.337 e. The lowest BCUT2D eigenvalue weighted by Crippen LogP contribution is -2.21. The molecule has 0 bridgehead atoms. The van der Waals surface area contributed by atoms with Crippen molar-refractivity contribution >= 4 is 39.3 Å². The number of anilines is 2. The van der Waals surface area contributed by atoms with E-state index in [2.05, 4.69) is 26.6 Å². The second kappa shape index (κ2) is 6.41. The minimum atomic E-state index is -1.10. The van der Waals surface area contributed by atoms with Crippen LogP contribution in [-0.2, 0) is 0 Å². The number of urea groups is 1. The van der Waals surface area contributed by atoms with Gasteiger partial charge in [-0.2, -0.15) is 0 Å². The molecule has 5 nitrogen and oxygen atoms in total. The summed E-state index contributed by atoms with van der Waals surface area (Å²) < 4.78 is 0.679. The summed E-state index contributed by atoms with van der Waals surface area (Å²) in [5.74, 6) is -1.10. The van der Waals surface area contributed by atoms with E-state index in [1.165, 1.54) is 12.1 Å². The highest BCUT2D eigenvalue weighted by atomic mass is 79.9. The van der Waals surface area contributed by atoms with E-state index in [1.807, 2.05) is 19.1 Å². The Balaban J connectivity index is 2.14. The standard InChI is InChI=1S/C15H13BrN2O3/c1-9-2-5-11(6-3-9)17-15(21)18-13-8-10(16)4-7-12(13)14(19)20/h2-8H,1H3,(H,19,20)(H2,17,18,21). The average Bonchev–Trinajstić information content (AvgIpc) is 2.41. The first kappa shape index (κ1) is 15.1. The Bertz CT molecular complexity index is 684. The van der Waals surface area contributed by atoms with E-state index >= 15 is 0 Å². The maximum absolute atomic E-state index is 11.9. The number of nitrogens with one attached hydrogen (secondary N) is 2. The highest BCUT2D eigenvalue weighted by Gasteiger charge is 2.13. The molecule has 6 heteroatoms. The minimum absolute atomic E-state index is 0.0252. The zero-order valence-electron chi connectivity index (χ0n) is 11.2. The summed E-state index contributed by atoms with van der Waals surface area (Å²) >= 11 is 3.25. The SMILES string of the molecule is Cc1ccc(NC(=O)Nc2cc(Br)ccc2C(=O)O)cc1. The molecular weight excluding hydrogens is 336 g/mol. The summed E-state index contributed by atoms with van der Waals surface area (Å²) in [4.78, 5) is 23.0. The van der Waals surface area contributed by atoms with Gasteiger partial charge in [0.1, 0.15) is 0 Å². The average molecular weight is 349 g/mol. The molecule has 0 aliphatic carbocycles. The van der Waals surface area contributed by atoms with Crippen molar-refractivity contribution in [1.29, 1.82) is 0 Å². The third-order valence-electron chi connectivity index (χ3n) is 2.77. The topological polar surface area (TPSA) is 78.4 Å². The Morgan fingerprint density at radius 3 is 2.33 bits per heavy atom. The Labute approximate surface area is 130 Å². The van der Waals surface area contributed by atoms with Crippen LogP contribution in [0, 0.1) is 6.92 Å². The number of carbonyl (C=O) groups is 2.